The highest BCUT2D eigenvalue weighted by Gasteiger charge is 2.35. The molecule has 4 rings (SSSR count). The van der Waals surface area contributed by atoms with E-state index in [1.165, 1.54) is 18.3 Å². The van der Waals surface area contributed by atoms with Crippen LogP contribution in [0.25, 0.3) is 5.65 Å². The van der Waals surface area contributed by atoms with Crippen LogP contribution in [-0.2, 0) is 11.8 Å². The zero-order valence-electron chi connectivity index (χ0n) is 14.0. The zero-order valence-corrected chi connectivity index (χ0v) is 14.0. The van der Waals surface area contributed by atoms with Gasteiger partial charge in [-0.2, -0.15) is 0 Å². The van der Waals surface area contributed by atoms with E-state index in [1.807, 2.05) is 6.07 Å². The van der Waals surface area contributed by atoms with Gasteiger partial charge in [0.05, 0.1) is 17.6 Å². The average Bonchev–Trinajstić information content (AvgIpc) is 3.11. The van der Waals surface area contributed by atoms with Crippen molar-refractivity contribution in [1.29, 1.82) is 0 Å². The molecule has 0 saturated heterocycles. The molecule has 3 heterocycles. The number of halogens is 1. The van der Waals surface area contributed by atoms with E-state index in [0.717, 1.165) is 29.1 Å². The molecular formula is C19H18FN3O2. The number of hydrogen-bond acceptors (Lipinski definition) is 3. The second-order valence-electron chi connectivity index (χ2n) is 7.08. The Bertz CT molecular complexity index is 990. The maximum absolute atomic E-state index is 13.1. The number of aromatic nitrogens is 2. The molecule has 128 valence electrons. The van der Waals surface area contributed by atoms with Crippen molar-refractivity contribution in [3.63, 3.8) is 0 Å². The Morgan fingerprint density at radius 1 is 1.36 bits per heavy atom. The summed E-state index contributed by atoms with van der Waals surface area (Å²) in [6.45, 7) is 4.89. The van der Waals surface area contributed by atoms with Gasteiger partial charge in [0, 0.05) is 23.9 Å². The summed E-state index contributed by atoms with van der Waals surface area (Å²) in [5, 5.41) is 12.9. The van der Waals surface area contributed by atoms with E-state index in [1.54, 1.807) is 16.5 Å². The number of anilines is 1. The van der Waals surface area contributed by atoms with Crippen molar-refractivity contribution in [2.45, 2.75) is 25.7 Å². The number of aromatic carboxylic acids is 1. The summed E-state index contributed by atoms with van der Waals surface area (Å²) >= 11 is 0. The van der Waals surface area contributed by atoms with Gasteiger partial charge in [-0.25, -0.2) is 14.2 Å². The fraction of sp³-hybridized carbons (Fsp3) is 0.263. The maximum Gasteiger partial charge on any atom is 0.354 e. The molecule has 0 saturated carbocycles. The van der Waals surface area contributed by atoms with Crippen molar-refractivity contribution in [2.75, 3.05) is 11.9 Å². The molecule has 0 radical (unpaired) electrons. The minimum absolute atomic E-state index is 0.156. The van der Waals surface area contributed by atoms with Gasteiger partial charge in [-0.05, 0) is 23.8 Å². The van der Waals surface area contributed by atoms with E-state index in [-0.39, 0.29) is 16.9 Å². The van der Waals surface area contributed by atoms with Gasteiger partial charge in [-0.15, -0.1) is 0 Å². The zero-order chi connectivity index (χ0) is 17.8. The Morgan fingerprint density at radius 3 is 2.76 bits per heavy atom. The Morgan fingerprint density at radius 2 is 2.08 bits per heavy atom. The van der Waals surface area contributed by atoms with E-state index < -0.39 is 5.97 Å². The minimum Gasteiger partial charge on any atom is -0.477 e. The molecule has 1 aliphatic rings. The molecule has 2 N–H and O–H groups in total. The van der Waals surface area contributed by atoms with Crippen LogP contribution < -0.4 is 5.32 Å². The number of imidazole rings is 1. The second kappa shape index (κ2) is 5.31. The molecule has 0 fully saturated rings. The summed E-state index contributed by atoms with van der Waals surface area (Å²) in [5.41, 5.74) is 4.30. The third kappa shape index (κ3) is 2.45. The molecule has 0 aliphatic carbocycles. The third-order valence-corrected chi connectivity index (χ3v) is 4.74. The normalized spacial score (nSPS) is 15.2. The molecule has 25 heavy (non-hydrogen) atoms. The Balaban J connectivity index is 1.94. The number of carboxylic acid groups (broad SMARTS) is 1. The number of hydrogen-bond donors (Lipinski definition) is 2. The smallest absolute Gasteiger partial charge is 0.354 e. The molecular weight excluding hydrogens is 321 g/mol. The number of pyridine rings is 1. The molecule has 0 unspecified atom stereocenters. The van der Waals surface area contributed by atoms with Crippen LogP contribution >= 0.6 is 0 Å². The van der Waals surface area contributed by atoms with Crippen LogP contribution in [0.4, 0.5) is 10.1 Å². The Labute approximate surface area is 144 Å². The highest BCUT2D eigenvalue weighted by atomic mass is 19.1. The van der Waals surface area contributed by atoms with Crippen LogP contribution in [0, 0.1) is 5.82 Å². The number of carboxylic acids is 1. The number of nitrogens with one attached hydrogen (secondary N) is 1. The van der Waals surface area contributed by atoms with Crippen LogP contribution in [-0.4, -0.2) is 27.0 Å². The lowest BCUT2D eigenvalue weighted by atomic mass is 9.90. The lowest BCUT2D eigenvalue weighted by Crippen LogP contribution is -2.23. The highest BCUT2D eigenvalue weighted by Crippen LogP contribution is 2.39. The quantitative estimate of drug-likeness (QED) is 0.767. The minimum atomic E-state index is -1.00. The van der Waals surface area contributed by atoms with Crippen LogP contribution in [0.3, 0.4) is 0 Å². The van der Waals surface area contributed by atoms with Crippen molar-refractivity contribution in [3.05, 3.63) is 64.9 Å². The summed E-state index contributed by atoms with van der Waals surface area (Å²) in [6.07, 6.45) is 1.95. The summed E-state index contributed by atoms with van der Waals surface area (Å²) in [5.74, 6) is -1.28. The van der Waals surface area contributed by atoms with Gasteiger partial charge >= 0.3 is 5.97 Å². The van der Waals surface area contributed by atoms with E-state index >= 15 is 0 Å². The van der Waals surface area contributed by atoms with E-state index in [0.29, 0.717) is 12.1 Å². The monoisotopic (exact) mass is 339 g/mol. The van der Waals surface area contributed by atoms with Crippen LogP contribution in [0.15, 0.2) is 36.5 Å². The van der Waals surface area contributed by atoms with Crippen LogP contribution in [0.1, 0.15) is 41.2 Å². The molecule has 0 spiro atoms. The fourth-order valence-electron chi connectivity index (χ4n) is 3.54. The van der Waals surface area contributed by atoms with Gasteiger partial charge < -0.3 is 10.4 Å². The van der Waals surface area contributed by atoms with Crippen molar-refractivity contribution < 1.29 is 14.3 Å². The van der Waals surface area contributed by atoms with E-state index in [2.05, 4.69) is 24.1 Å². The summed E-state index contributed by atoms with van der Waals surface area (Å²) in [4.78, 5) is 16.0. The molecule has 0 bridgehead atoms. The first-order chi connectivity index (χ1) is 11.9. The predicted octanol–water partition coefficient (Wildman–Crippen LogP) is 3.47. The van der Waals surface area contributed by atoms with Crippen LogP contribution in [0.5, 0.6) is 0 Å². The number of nitrogens with zero attached hydrogens (tertiary/aromatic N) is 2. The van der Waals surface area contributed by atoms with Crippen molar-refractivity contribution in [3.8, 4) is 0 Å². The number of benzene rings is 1. The SMILES string of the molecule is CC1(C)CNc2cc(Cc3ccc(F)cc3)c3ncc(C(=O)O)n3c21. The van der Waals surface area contributed by atoms with Crippen molar-refractivity contribution in [2.24, 2.45) is 0 Å². The number of fused-ring (bicyclic) bond motifs is 3. The molecule has 3 aromatic rings. The van der Waals surface area contributed by atoms with Gasteiger partial charge in [-0.3, -0.25) is 4.40 Å². The van der Waals surface area contributed by atoms with Gasteiger partial charge in [0.25, 0.3) is 0 Å². The summed E-state index contributed by atoms with van der Waals surface area (Å²) in [6, 6.07) is 8.35. The lowest BCUT2D eigenvalue weighted by Gasteiger charge is -2.20. The first kappa shape index (κ1) is 15.6. The van der Waals surface area contributed by atoms with Crippen molar-refractivity contribution >= 4 is 17.3 Å². The molecule has 0 atom stereocenters. The molecule has 0 amide bonds. The first-order valence-corrected chi connectivity index (χ1v) is 8.12. The highest BCUT2D eigenvalue weighted by molar-refractivity contribution is 5.88. The van der Waals surface area contributed by atoms with Gasteiger partial charge in [0.15, 0.2) is 5.69 Å². The topological polar surface area (TPSA) is 66.6 Å². The predicted molar refractivity (Wildman–Crippen MR) is 92.9 cm³/mol. The lowest BCUT2D eigenvalue weighted by molar-refractivity contribution is 0.0689. The third-order valence-electron chi connectivity index (χ3n) is 4.74. The van der Waals surface area contributed by atoms with E-state index in [4.69, 9.17) is 0 Å². The molecule has 6 heteroatoms. The van der Waals surface area contributed by atoms with Crippen molar-refractivity contribution in [1.82, 2.24) is 9.38 Å². The second-order valence-corrected chi connectivity index (χ2v) is 7.08. The molecule has 1 aliphatic heterocycles. The van der Waals surface area contributed by atoms with Gasteiger partial charge in [0.2, 0.25) is 0 Å². The Hall–Kier alpha value is -2.89. The number of rotatable bonds is 3. The molecule has 1 aromatic carbocycles. The average molecular weight is 339 g/mol. The first-order valence-electron chi connectivity index (χ1n) is 8.12. The standard InChI is InChI=1S/C19H18FN3O2/c1-19(2)10-22-14-8-12(7-11-3-5-13(20)6-4-11)17-21-9-15(18(24)25)23(17)16(14)19/h3-6,8-9,22H,7,10H2,1-2H3,(H,24,25). The fourth-order valence-corrected chi connectivity index (χ4v) is 3.54. The van der Waals surface area contributed by atoms with Gasteiger partial charge in [0.1, 0.15) is 11.5 Å². The van der Waals surface area contributed by atoms with Crippen LogP contribution in [0.2, 0.25) is 0 Å². The maximum atomic E-state index is 13.1. The Kier molecular flexibility index (Phi) is 3.32. The molecule has 2 aromatic heterocycles. The largest absolute Gasteiger partial charge is 0.477 e. The molecule has 5 nitrogen and oxygen atoms in total. The number of carbonyl (C=O) groups is 1. The van der Waals surface area contributed by atoms with E-state index in [9.17, 15) is 14.3 Å². The summed E-state index contributed by atoms with van der Waals surface area (Å²) in [7, 11) is 0. The summed E-state index contributed by atoms with van der Waals surface area (Å²) < 4.78 is 14.9. The van der Waals surface area contributed by atoms with Gasteiger partial charge in [-0.1, -0.05) is 26.0 Å².